The zero-order valence-corrected chi connectivity index (χ0v) is 13.6. The third kappa shape index (κ3) is 3.96. The summed E-state index contributed by atoms with van der Waals surface area (Å²) in [6, 6.07) is 8.42. The first-order valence-electron chi connectivity index (χ1n) is 7.50. The van der Waals surface area contributed by atoms with Crippen LogP contribution < -0.4 is 16.0 Å². The van der Waals surface area contributed by atoms with Crippen LogP contribution in [0.1, 0.15) is 17.8 Å². The van der Waals surface area contributed by atoms with E-state index in [4.69, 9.17) is 0 Å². The summed E-state index contributed by atoms with van der Waals surface area (Å²) in [5, 5.41) is 10.1. The highest BCUT2D eigenvalue weighted by Gasteiger charge is 2.25. The van der Waals surface area contributed by atoms with Crippen LogP contribution >= 0.6 is 11.3 Å². The number of hydrogen-bond acceptors (Lipinski definition) is 5. The van der Waals surface area contributed by atoms with Gasteiger partial charge in [0, 0.05) is 17.4 Å². The van der Waals surface area contributed by atoms with E-state index < -0.39 is 12.1 Å². The largest absolute Gasteiger partial charge is 0.348 e. The van der Waals surface area contributed by atoms with E-state index in [0.29, 0.717) is 0 Å². The van der Waals surface area contributed by atoms with Crippen molar-refractivity contribution in [2.45, 2.75) is 25.4 Å². The summed E-state index contributed by atoms with van der Waals surface area (Å²) < 4.78 is 0. The van der Waals surface area contributed by atoms with Crippen molar-refractivity contribution in [3.05, 3.63) is 40.7 Å². The molecule has 0 aliphatic carbocycles. The lowest BCUT2D eigenvalue weighted by Crippen LogP contribution is -2.48. The van der Waals surface area contributed by atoms with E-state index in [1.807, 2.05) is 35.7 Å². The van der Waals surface area contributed by atoms with Gasteiger partial charge in [-0.1, -0.05) is 30.3 Å². The van der Waals surface area contributed by atoms with Crippen LogP contribution in [0.5, 0.6) is 0 Å². The van der Waals surface area contributed by atoms with Crippen molar-refractivity contribution in [1.82, 2.24) is 20.9 Å². The molecule has 8 heteroatoms. The van der Waals surface area contributed by atoms with Crippen LogP contribution in [0.2, 0.25) is 0 Å². The molecule has 2 aromatic rings. The topological polar surface area (TPSA) is 100 Å². The minimum atomic E-state index is -0.718. The van der Waals surface area contributed by atoms with Crippen molar-refractivity contribution in [2.24, 2.45) is 0 Å². The molecule has 1 aromatic carbocycles. The third-order valence-corrected chi connectivity index (χ3v) is 4.42. The second kappa shape index (κ2) is 7.22. The maximum absolute atomic E-state index is 12.2. The monoisotopic (exact) mass is 344 g/mol. The van der Waals surface area contributed by atoms with E-state index in [1.54, 1.807) is 0 Å². The van der Waals surface area contributed by atoms with E-state index in [-0.39, 0.29) is 31.2 Å². The van der Waals surface area contributed by atoms with E-state index in [0.717, 1.165) is 16.3 Å². The normalized spacial score (nSPS) is 17.6. The van der Waals surface area contributed by atoms with Crippen molar-refractivity contribution >= 4 is 29.2 Å². The number of urea groups is 1. The smallest absolute Gasteiger partial charge is 0.322 e. The Bertz CT molecular complexity index is 760. The van der Waals surface area contributed by atoms with Gasteiger partial charge in [0.2, 0.25) is 11.8 Å². The molecule has 3 rings (SSSR count). The molecule has 0 saturated carbocycles. The van der Waals surface area contributed by atoms with Crippen LogP contribution in [0.4, 0.5) is 4.79 Å². The van der Waals surface area contributed by atoms with Gasteiger partial charge < -0.3 is 10.6 Å². The Labute approximate surface area is 142 Å². The third-order valence-electron chi connectivity index (χ3n) is 3.57. The molecule has 0 spiro atoms. The number of amides is 4. The quantitative estimate of drug-likeness (QED) is 0.781. The van der Waals surface area contributed by atoms with Gasteiger partial charge in [-0.15, -0.1) is 11.3 Å². The molecule has 3 N–H and O–H groups in total. The minimum absolute atomic E-state index is 0.131. The number of carbonyl (C=O) groups excluding carboxylic acids is 3. The van der Waals surface area contributed by atoms with Gasteiger partial charge in [0.25, 0.3) is 0 Å². The van der Waals surface area contributed by atoms with Crippen molar-refractivity contribution in [3.8, 4) is 11.3 Å². The van der Waals surface area contributed by atoms with Crippen LogP contribution in [0.25, 0.3) is 11.3 Å². The second-order valence-electron chi connectivity index (χ2n) is 5.32. The number of carbonyl (C=O) groups is 3. The molecule has 1 aromatic heterocycles. The summed E-state index contributed by atoms with van der Waals surface area (Å²) in [6.07, 6.45) is 0.406. The Hall–Kier alpha value is -2.74. The number of nitrogens with zero attached hydrogens (tertiary/aromatic N) is 1. The van der Waals surface area contributed by atoms with Gasteiger partial charge in [-0.2, -0.15) is 0 Å². The molecule has 4 amide bonds. The highest BCUT2D eigenvalue weighted by atomic mass is 32.1. The molecular weight excluding hydrogens is 328 g/mol. The summed E-state index contributed by atoms with van der Waals surface area (Å²) in [5.74, 6) is -0.702. The molecule has 0 radical (unpaired) electrons. The lowest BCUT2D eigenvalue weighted by molar-refractivity contribution is -0.123. The molecule has 7 nitrogen and oxygen atoms in total. The van der Waals surface area contributed by atoms with Gasteiger partial charge in [-0.05, 0) is 6.42 Å². The number of rotatable bonds is 4. The Morgan fingerprint density at radius 3 is 2.88 bits per heavy atom. The molecule has 1 saturated heterocycles. The van der Waals surface area contributed by atoms with Crippen molar-refractivity contribution in [2.75, 3.05) is 0 Å². The summed E-state index contributed by atoms with van der Waals surface area (Å²) in [4.78, 5) is 39.3. The molecule has 124 valence electrons. The maximum Gasteiger partial charge on any atom is 0.322 e. The van der Waals surface area contributed by atoms with Crippen molar-refractivity contribution in [3.63, 3.8) is 0 Å². The van der Waals surface area contributed by atoms with Crippen LogP contribution in [0.3, 0.4) is 0 Å². The number of benzene rings is 1. The molecule has 24 heavy (non-hydrogen) atoms. The second-order valence-corrected chi connectivity index (χ2v) is 6.27. The molecule has 1 aliphatic heterocycles. The summed E-state index contributed by atoms with van der Waals surface area (Å²) in [6.45, 7) is 0.282. The molecule has 0 bridgehead atoms. The highest BCUT2D eigenvalue weighted by molar-refractivity contribution is 7.09. The van der Waals surface area contributed by atoms with Gasteiger partial charge >= 0.3 is 6.03 Å². The Morgan fingerprint density at radius 1 is 1.29 bits per heavy atom. The standard InChI is InChI=1S/C16H16N4O3S/c21-13-7-6-11(19-16(23)20-13)15(22)17-8-14-18-12(9-24-14)10-4-2-1-3-5-10/h1-5,9,11H,6-8H2,(H,17,22)(H2,19,20,21,23). The SMILES string of the molecule is O=C1CCC(C(=O)NCc2nc(-c3ccccc3)cs2)NC(=O)N1. The molecule has 1 fully saturated rings. The molecule has 1 aliphatic rings. The first kappa shape index (κ1) is 16.1. The zero-order valence-electron chi connectivity index (χ0n) is 12.7. The number of imide groups is 1. The van der Waals surface area contributed by atoms with Gasteiger partial charge in [-0.25, -0.2) is 9.78 Å². The number of thiazole rings is 1. The van der Waals surface area contributed by atoms with E-state index >= 15 is 0 Å². The predicted molar refractivity (Wildman–Crippen MR) is 89.1 cm³/mol. The predicted octanol–water partition coefficient (Wildman–Crippen LogP) is 1.41. The molecular formula is C16H16N4O3S. The fraction of sp³-hybridized carbons (Fsp3) is 0.250. The highest BCUT2D eigenvalue weighted by Crippen LogP contribution is 2.21. The summed E-state index contributed by atoms with van der Waals surface area (Å²) >= 11 is 1.46. The Kier molecular flexibility index (Phi) is 4.85. The average Bonchev–Trinajstić information content (AvgIpc) is 2.99. The van der Waals surface area contributed by atoms with Gasteiger partial charge in [0.1, 0.15) is 11.0 Å². The van der Waals surface area contributed by atoms with E-state index in [2.05, 4.69) is 20.9 Å². The van der Waals surface area contributed by atoms with Gasteiger partial charge in [-0.3, -0.25) is 14.9 Å². The fourth-order valence-corrected chi connectivity index (χ4v) is 3.09. The maximum atomic E-state index is 12.2. The van der Waals surface area contributed by atoms with E-state index in [9.17, 15) is 14.4 Å². The Balaban J connectivity index is 1.57. The van der Waals surface area contributed by atoms with Crippen molar-refractivity contribution < 1.29 is 14.4 Å². The summed E-state index contributed by atoms with van der Waals surface area (Å²) in [7, 11) is 0. The lowest BCUT2D eigenvalue weighted by atomic mass is 10.1. The first-order chi connectivity index (χ1) is 11.6. The van der Waals surface area contributed by atoms with Crippen LogP contribution in [0.15, 0.2) is 35.7 Å². The van der Waals surface area contributed by atoms with Gasteiger partial charge in [0.05, 0.1) is 12.2 Å². The van der Waals surface area contributed by atoms with Crippen LogP contribution in [-0.4, -0.2) is 28.9 Å². The van der Waals surface area contributed by atoms with Gasteiger partial charge in [0.15, 0.2) is 0 Å². The van der Waals surface area contributed by atoms with Crippen molar-refractivity contribution in [1.29, 1.82) is 0 Å². The molecule has 1 atom stereocenters. The first-order valence-corrected chi connectivity index (χ1v) is 8.37. The number of aromatic nitrogens is 1. The molecule has 2 heterocycles. The molecule has 1 unspecified atom stereocenters. The lowest BCUT2D eigenvalue weighted by Gasteiger charge is -2.14. The fourth-order valence-electron chi connectivity index (χ4n) is 2.35. The summed E-state index contributed by atoms with van der Waals surface area (Å²) in [5.41, 5.74) is 1.88. The zero-order chi connectivity index (χ0) is 16.9. The average molecular weight is 344 g/mol. The van der Waals surface area contributed by atoms with Crippen LogP contribution in [-0.2, 0) is 16.1 Å². The number of nitrogens with one attached hydrogen (secondary N) is 3. The Morgan fingerprint density at radius 2 is 2.08 bits per heavy atom. The number of hydrogen-bond donors (Lipinski definition) is 3. The van der Waals surface area contributed by atoms with Crippen LogP contribution in [0, 0.1) is 0 Å². The van der Waals surface area contributed by atoms with E-state index in [1.165, 1.54) is 11.3 Å². The minimum Gasteiger partial charge on any atom is -0.348 e.